The van der Waals surface area contributed by atoms with E-state index >= 15 is 0 Å². The second kappa shape index (κ2) is 10.2. The number of benzene rings is 2. The molecule has 0 atom stereocenters. The summed E-state index contributed by atoms with van der Waals surface area (Å²) in [6.45, 7) is 18.0. The fourth-order valence-electron chi connectivity index (χ4n) is 3.47. The highest BCUT2D eigenvalue weighted by molar-refractivity contribution is 5.81. The van der Waals surface area contributed by atoms with Gasteiger partial charge in [0.2, 0.25) is 0 Å². The number of carboxylic acid groups (broad SMARTS) is 1. The summed E-state index contributed by atoms with van der Waals surface area (Å²) in [6.07, 6.45) is 5.93. The molecule has 0 aliphatic rings. The highest BCUT2D eigenvalue weighted by atomic mass is 16.5. The van der Waals surface area contributed by atoms with E-state index in [0.29, 0.717) is 12.2 Å². The van der Waals surface area contributed by atoms with Gasteiger partial charge in [0.1, 0.15) is 5.75 Å². The molecule has 172 valence electrons. The number of rotatable bonds is 7. The fraction of sp³-hybridized carbons (Fsp3) is 0.414. The third-order valence-electron chi connectivity index (χ3n) is 5.30. The summed E-state index contributed by atoms with van der Waals surface area (Å²) in [6, 6.07) is 12.9. The maximum absolute atomic E-state index is 10.9. The fourth-order valence-corrected chi connectivity index (χ4v) is 3.47. The predicted molar refractivity (Wildman–Crippen MR) is 135 cm³/mol. The molecule has 0 saturated carbocycles. The number of aliphatic carboxylic acids is 1. The summed E-state index contributed by atoms with van der Waals surface area (Å²) in [5.41, 5.74) is 6.35. The van der Waals surface area contributed by atoms with E-state index in [-0.39, 0.29) is 10.8 Å². The number of carboxylic acids is 1. The minimum atomic E-state index is -0.938. The van der Waals surface area contributed by atoms with Gasteiger partial charge < -0.3 is 9.84 Å². The highest BCUT2D eigenvalue weighted by Crippen LogP contribution is 2.43. The van der Waals surface area contributed by atoms with Gasteiger partial charge in [-0.1, -0.05) is 84.9 Å². The van der Waals surface area contributed by atoms with Crippen molar-refractivity contribution in [3.63, 3.8) is 0 Å². The molecule has 3 nitrogen and oxygen atoms in total. The van der Waals surface area contributed by atoms with Crippen LogP contribution < -0.4 is 4.74 Å². The van der Waals surface area contributed by atoms with E-state index < -0.39 is 5.97 Å². The third-order valence-corrected chi connectivity index (χ3v) is 5.30. The van der Waals surface area contributed by atoms with Gasteiger partial charge in [-0.15, -0.1) is 0 Å². The first-order chi connectivity index (χ1) is 14.8. The molecule has 0 aliphatic heterocycles. The Morgan fingerprint density at radius 3 is 2.28 bits per heavy atom. The molecule has 32 heavy (non-hydrogen) atoms. The van der Waals surface area contributed by atoms with Crippen molar-refractivity contribution in [2.75, 3.05) is 6.61 Å². The van der Waals surface area contributed by atoms with Crippen LogP contribution in [-0.4, -0.2) is 17.7 Å². The molecular formula is C29H38O3. The van der Waals surface area contributed by atoms with Crippen LogP contribution in [0.1, 0.15) is 78.5 Å². The van der Waals surface area contributed by atoms with Crippen LogP contribution in [0.2, 0.25) is 0 Å². The average molecular weight is 435 g/mol. The quantitative estimate of drug-likeness (QED) is 0.357. The Bertz CT molecular complexity index is 1010. The van der Waals surface area contributed by atoms with Gasteiger partial charge in [0.25, 0.3) is 0 Å². The smallest absolute Gasteiger partial charge is 0.328 e. The first kappa shape index (κ1) is 25.5. The van der Waals surface area contributed by atoms with E-state index in [2.05, 4.69) is 72.7 Å². The molecule has 0 radical (unpaired) electrons. The SMILES string of the molecule is CCCOc1c(-c2cccc(C=CC(C)=CC(=O)O)c2)cc(C(C)(C)C)cc1C(C)(C)C. The predicted octanol–water partition coefficient (Wildman–Crippen LogP) is 7.78. The zero-order valence-corrected chi connectivity index (χ0v) is 20.9. The average Bonchev–Trinajstić information content (AvgIpc) is 2.68. The maximum atomic E-state index is 10.9. The van der Waals surface area contributed by atoms with Crippen LogP contribution in [0.4, 0.5) is 0 Å². The van der Waals surface area contributed by atoms with E-state index in [1.807, 2.05) is 24.3 Å². The Hall–Kier alpha value is -2.81. The summed E-state index contributed by atoms with van der Waals surface area (Å²) in [5, 5.41) is 8.93. The van der Waals surface area contributed by atoms with Crippen molar-refractivity contribution < 1.29 is 14.6 Å². The van der Waals surface area contributed by atoms with Crippen LogP contribution in [0, 0.1) is 0 Å². The first-order valence-electron chi connectivity index (χ1n) is 11.3. The Morgan fingerprint density at radius 2 is 1.72 bits per heavy atom. The van der Waals surface area contributed by atoms with Crippen molar-refractivity contribution in [3.8, 4) is 16.9 Å². The molecule has 2 rings (SSSR count). The van der Waals surface area contributed by atoms with Crippen molar-refractivity contribution in [2.45, 2.75) is 72.6 Å². The van der Waals surface area contributed by atoms with Gasteiger partial charge in [0.05, 0.1) is 6.61 Å². The van der Waals surface area contributed by atoms with Gasteiger partial charge in [0, 0.05) is 17.2 Å². The van der Waals surface area contributed by atoms with Crippen LogP contribution in [0.5, 0.6) is 5.75 Å². The van der Waals surface area contributed by atoms with E-state index in [4.69, 9.17) is 9.84 Å². The molecule has 0 saturated heterocycles. The normalized spacial score (nSPS) is 12.9. The van der Waals surface area contributed by atoms with Gasteiger partial charge in [0.15, 0.2) is 0 Å². The van der Waals surface area contributed by atoms with Crippen molar-refractivity contribution in [3.05, 3.63) is 70.8 Å². The monoisotopic (exact) mass is 434 g/mol. The van der Waals surface area contributed by atoms with Crippen LogP contribution >= 0.6 is 0 Å². The lowest BCUT2D eigenvalue weighted by atomic mass is 9.78. The molecule has 0 aromatic heterocycles. The molecule has 0 fully saturated rings. The van der Waals surface area contributed by atoms with E-state index in [0.717, 1.165) is 28.9 Å². The number of allylic oxidation sites excluding steroid dienone is 2. The lowest BCUT2D eigenvalue weighted by Gasteiger charge is -2.29. The number of hydrogen-bond acceptors (Lipinski definition) is 2. The second-order valence-electron chi connectivity index (χ2n) is 10.4. The van der Waals surface area contributed by atoms with Crippen molar-refractivity contribution >= 4 is 12.0 Å². The molecule has 1 N–H and O–H groups in total. The second-order valence-corrected chi connectivity index (χ2v) is 10.4. The molecule has 0 unspecified atom stereocenters. The van der Waals surface area contributed by atoms with Crippen LogP contribution in [0.3, 0.4) is 0 Å². The Labute approximate surface area is 193 Å². The van der Waals surface area contributed by atoms with Crippen LogP contribution in [0.15, 0.2) is 54.1 Å². The summed E-state index contributed by atoms with van der Waals surface area (Å²) in [5.74, 6) is 0.0164. The van der Waals surface area contributed by atoms with Gasteiger partial charge in [-0.2, -0.15) is 0 Å². The van der Waals surface area contributed by atoms with E-state index in [9.17, 15) is 4.79 Å². The number of carbonyl (C=O) groups is 1. The number of hydrogen-bond donors (Lipinski definition) is 1. The molecule has 0 bridgehead atoms. The topological polar surface area (TPSA) is 46.5 Å². The molecule has 0 aliphatic carbocycles. The summed E-state index contributed by atoms with van der Waals surface area (Å²) in [4.78, 5) is 10.9. The van der Waals surface area contributed by atoms with E-state index in [1.54, 1.807) is 6.92 Å². The van der Waals surface area contributed by atoms with Crippen molar-refractivity contribution in [1.82, 2.24) is 0 Å². The van der Waals surface area contributed by atoms with Gasteiger partial charge in [-0.05, 0) is 58.6 Å². The number of ether oxygens (including phenoxy) is 1. The third kappa shape index (κ3) is 6.85. The molecule has 2 aromatic carbocycles. The van der Waals surface area contributed by atoms with Gasteiger partial charge in [-0.25, -0.2) is 4.79 Å². The van der Waals surface area contributed by atoms with E-state index in [1.165, 1.54) is 17.2 Å². The van der Waals surface area contributed by atoms with Crippen LogP contribution in [0.25, 0.3) is 17.2 Å². The summed E-state index contributed by atoms with van der Waals surface area (Å²) >= 11 is 0. The Kier molecular flexibility index (Phi) is 8.12. The molecule has 0 spiro atoms. The molecule has 0 amide bonds. The lowest BCUT2D eigenvalue weighted by molar-refractivity contribution is -0.131. The zero-order valence-electron chi connectivity index (χ0n) is 20.9. The van der Waals surface area contributed by atoms with Crippen LogP contribution in [-0.2, 0) is 15.6 Å². The molecular weight excluding hydrogens is 396 g/mol. The minimum absolute atomic E-state index is 0.00822. The lowest BCUT2D eigenvalue weighted by Crippen LogP contribution is -2.18. The zero-order chi connectivity index (χ0) is 24.1. The highest BCUT2D eigenvalue weighted by Gasteiger charge is 2.26. The van der Waals surface area contributed by atoms with Gasteiger partial charge in [-0.3, -0.25) is 0 Å². The maximum Gasteiger partial charge on any atom is 0.328 e. The largest absolute Gasteiger partial charge is 0.493 e. The van der Waals surface area contributed by atoms with Crippen molar-refractivity contribution in [2.24, 2.45) is 0 Å². The van der Waals surface area contributed by atoms with Gasteiger partial charge >= 0.3 is 5.97 Å². The minimum Gasteiger partial charge on any atom is -0.493 e. The first-order valence-corrected chi connectivity index (χ1v) is 11.3. The van der Waals surface area contributed by atoms with Crippen molar-refractivity contribution in [1.29, 1.82) is 0 Å². The molecule has 3 heteroatoms. The summed E-state index contributed by atoms with van der Waals surface area (Å²) < 4.78 is 6.36. The Morgan fingerprint density at radius 1 is 1.03 bits per heavy atom. The standard InChI is InChI=1S/C29H38O3/c1-9-15-32-27-24(18-23(28(3,4)5)19-25(27)29(6,7)8)22-12-10-11-21(17-22)14-13-20(2)16-26(30)31/h10-14,16-19H,9,15H2,1-8H3,(H,30,31). The molecule has 0 heterocycles. The summed E-state index contributed by atoms with van der Waals surface area (Å²) in [7, 11) is 0. The Balaban J connectivity index is 2.69. The molecule has 2 aromatic rings.